The molecule has 1 aromatic rings. The lowest BCUT2D eigenvalue weighted by Crippen LogP contribution is -2.55. The van der Waals surface area contributed by atoms with Gasteiger partial charge in [0.2, 0.25) is 0 Å². The van der Waals surface area contributed by atoms with Crippen LogP contribution in [0.15, 0.2) is 30.3 Å². The lowest BCUT2D eigenvalue weighted by atomic mass is 9.96. The van der Waals surface area contributed by atoms with Crippen LogP contribution in [-0.4, -0.2) is 29.5 Å². The van der Waals surface area contributed by atoms with Gasteiger partial charge in [0, 0.05) is 6.04 Å². The molecule has 124 valence electrons. The molecule has 0 aromatic heterocycles. The van der Waals surface area contributed by atoms with Gasteiger partial charge in [-0.2, -0.15) is 26.3 Å². The summed E-state index contributed by atoms with van der Waals surface area (Å²) in [6.07, 6.45) is -11.5. The van der Waals surface area contributed by atoms with E-state index in [0.29, 0.717) is 5.56 Å². The SMILES string of the molecule is C[C@H](N[C@@H](C(=O)O)C(C(F)(F)F)C(F)(F)F)c1ccccc1. The summed E-state index contributed by atoms with van der Waals surface area (Å²) >= 11 is 0. The van der Waals surface area contributed by atoms with E-state index in [9.17, 15) is 31.1 Å². The van der Waals surface area contributed by atoms with Crippen molar-refractivity contribution in [3.05, 3.63) is 35.9 Å². The van der Waals surface area contributed by atoms with Gasteiger partial charge in [-0.1, -0.05) is 30.3 Å². The summed E-state index contributed by atoms with van der Waals surface area (Å²) in [7, 11) is 0. The first kappa shape index (κ1) is 18.3. The molecule has 0 saturated carbocycles. The van der Waals surface area contributed by atoms with Gasteiger partial charge in [0.15, 0.2) is 5.92 Å². The van der Waals surface area contributed by atoms with Crippen molar-refractivity contribution in [2.45, 2.75) is 31.4 Å². The fourth-order valence-electron chi connectivity index (χ4n) is 1.98. The Morgan fingerprint density at radius 2 is 1.50 bits per heavy atom. The third-order valence-corrected chi connectivity index (χ3v) is 3.03. The van der Waals surface area contributed by atoms with Gasteiger partial charge in [0.05, 0.1) is 0 Å². The smallest absolute Gasteiger partial charge is 0.402 e. The molecular weight excluding hydrogens is 316 g/mol. The van der Waals surface area contributed by atoms with Crippen molar-refractivity contribution in [2.24, 2.45) is 5.92 Å². The van der Waals surface area contributed by atoms with Gasteiger partial charge in [0.25, 0.3) is 0 Å². The summed E-state index contributed by atoms with van der Waals surface area (Å²) < 4.78 is 75.9. The molecule has 0 heterocycles. The second-order valence-corrected chi connectivity index (χ2v) is 4.68. The molecule has 0 radical (unpaired) electrons. The second kappa shape index (κ2) is 6.55. The first-order chi connectivity index (χ1) is 9.94. The van der Waals surface area contributed by atoms with Crippen LogP contribution in [-0.2, 0) is 4.79 Å². The van der Waals surface area contributed by atoms with Gasteiger partial charge in [-0.3, -0.25) is 10.1 Å². The maximum Gasteiger partial charge on any atom is 0.402 e. The third kappa shape index (κ3) is 4.62. The van der Waals surface area contributed by atoms with E-state index in [2.05, 4.69) is 0 Å². The second-order valence-electron chi connectivity index (χ2n) is 4.68. The van der Waals surface area contributed by atoms with Gasteiger partial charge in [-0.25, -0.2) is 0 Å². The Bertz CT molecular complexity index is 485. The van der Waals surface area contributed by atoms with E-state index in [0.717, 1.165) is 0 Å². The van der Waals surface area contributed by atoms with Crippen molar-refractivity contribution in [2.75, 3.05) is 0 Å². The molecule has 0 bridgehead atoms. The van der Waals surface area contributed by atoms with Crippen LogP contribution in [0.25, 0.3) is 0 Å². The van der Waals surface area contributed by atoms with Gasteiger partial charge in [-0.15, -0.1) is 0 Å². The summed E-state index contributed by atoms with van der Waals surface area (Å²) in [4.78, 5) is 10.9. The zero-order valence-corrected chi connectivity index (χ0v) is 11.2. The Kier molecular flexibility index (Phi) is 5.44. The van der Waals surface area contributed by atoms with E-state index in [1.165, 1.54) is 31.2 Å². The molecule has 0 spiro atoms. The highest BCUT2D eigenvalue weighted by molar-refractivity contribution is 5.74. The van der Waals surface area contributed by atoms with Crippen molar-refractivity contribution in [1.82, 2.24) is 5.32 Å². The minimum Gasteiger partial charge on any atom is -0.480 e. The van der Waals surface area contributed by atoms with Crippen molar-refractivity contribution < 1.29 is 36.2 Å². The molecule has 0 aliphatic rings. The normalized spacial score (nSPS) is 15.6. The number of hydrogen-bond acceptors (Lipinski definition) is 2. The summed E-state index contributed by atoms with van der Waals surface area (Å²) in [6.45, 7) is 1.29. The lowest BCUT2D eigenvalue weighted by molar-refractivity contribution is -0.291. The molecule has 9 heteroatoms. The van der Waals surface area contributed by atoms with Crippen molar-refractivity contribution >= 4 is 5.97 Å². The van der Waals surface area contributed by atoms with Crippen molar-refractivity contribution in [1.29, 1.82) is 0 Å². The van der Waals surface area contributed by atoms with Gasteiger partial charge >= 0.3 is 18.3 Å². The standard InChI is InChI=1S/C13H13F6NO2/c1-7(8-5-3-2-4-6-8)20-9(11(21)22)10(12(14,15)16)13(17,18)19/h2-7,9-10,20H,1H3,(H,21,22)/t7-,9+/m0/s1. The van der Waals surface area contributed by atoms with Crippen LogP contribution in [0, 0.1) is 5.92 Å². The van der Waals surface area contributed by atoms with Crippen LogP contribution >= 0.6 is 0 Å². The average Bonchev–Trinajstić information content (AvgIpc) is 2.35. The molecule has 0 amide bonds. The number of carboxylic acids is 1. The van der Waals surface area contributed by atoms with E-state index >= 15 is 0 Å². The van der Waals surface area contributed by atoms with Crippen LogP contribution < -0.4 is 5.32 Å². The largest absolute Gasteiger partial charge is 0.480 e. The van der Waals surface area contributed by atoms with E-state index in [4.69, 9.17) is 5.11 Å². The molecule has 3 nitrogen and oxygen atoms in total. The molecule has 1 aromatic carbocycles. The minimum atomic E-state index is -5.73. The van der Waals surface area contributed by atoms with E-state index in [1.807, 2.05) is 5.32 Å². The Labute approximate surface area is 121 Å². The third-order valence-electron chi connectivity index (χ3n) is 3.03. The molecule has 0 aliphatic carbocycles. The molecule has 0 fully saturated rings. The molecule has 2 atom stereocenters. The van der Waals surface area contributed by atoms with Crippen LogP contribution in [0.5, 0.6) is 0 Å². The fraction of sp³-hybridized carbons (Fsp3) is 0.462. The molecule has 22 heavy (non-hydrogen) atoms. The summed E-state index contributed by atoms with van der Waals surface area (Å²) in [6, 6.07) is 3.77. The Hall–Kier alpha value is -1.77. The Morgan fingerprint density at radius 1 is 1.05 bits per heavy atom. The maximum absolute atomic E-state index is 12.7. The zero-order valence-electron chi connectivity index (χ0n) is 11.2. The molecular formula is C13H13F6NO2. The maximum atomic E-state index is 12.7. The van der Waals surface area contributed by atoms with Crippen LogP contribution in [0.1, 0.15) is 18.5 Å². The van der Waals surface area contributed by atoms with Gasteiger partial charge in [-0.05, 0) is 12.5 Å². The molecule has 0 saturated heterocycles. The number of alkyl halides is 6. The first-order valence-electron chi connectivity index (χ1n) is 6.12. The number of rotatable bonds is 5. The number of carbonyl (C=O) groups is 1. The Morgan fingerprint density at radius 3 is 1.86 bits per heavy atom. The lowest BCUT2D eigenvalue weighted by Gasteiger charge is -2.30. The number of aliphatic carboxylic acids is 1. The minimum absolute atomic E-state index is 0.372. The molecule has 1 rings (SSSR count). The van der Waals surface area contributed by atoms with E-state index in [1.54, 1.807) is 6.07 Å². The summed E-state index contributed by atoms with van der Waals surface area (Å²) in [5.41, 5.74) is 0.372. The van der Waals surface area contributed by atoms with Crippen LogP contribution in [0.2, 0.25) is 0 Å². The summed E-state index contributed by atoms with van der Waals surface area (Å²) in [5, 5.41) is 10.7. The monoisotopic (exact) mass is 329 g/mol. The topological polar surface area (TPSA) is 49.3 Å². The van der Waals surface area contributed by atoms with Crippen LogP contribution in [0.4, 0.5) is 26.3 Å². The zero-order chi connectivity index (χ0) is 17.1. The number of benzene rings is 1. The summed E-state index contributed by atoms with van der Waals surface area (Å²) in [5.74, 6) is -6.22. The fourth-order valence-corrected chi connectivity index (χ4v) is 1.98. The molecule has 0 aliphatic heterocycles. The van der Waals surface area contributed by atoms with E-state index < -0.39 is 36.3 Å². The van der Waals surface area contributed by atoms with Crippen LogP contribution in [0.3, 0.4) is 0 Å². The highest BCUT2D eigenvalue weighted by Crippen LogP contribution is 2.42. The average molecular weight is 329 g/mol. The number of halogens is 6. The quantitative estimate of drug-likeness (QED) is 0.813. The van der Waals surface area contributed by atoms with E-state index in [-0.39, 0.29) is 0 Å². The molecule has 0 unspecified atom stereocenters. The number of nitrogens with one attached hydrogen (secondary N) is 1. The van der Waals surface area contributed by atoms with Crippen molar-refractivity contribution in [3.8, 4) is 0 Å². The predicted octanol–water partition coefficient (Wildman–Crippen LogP) is 3.53. The van der Waals surface area contributed by atoms with Gasteiger partial charge < -0.3 is 5.11 Å². The van der Waals surface area contributed by atoms with Crippen molar-refractivity contribution in [3.63, 3.8) is 0 Å². The number of carboxylic acid groups (broad SMARTS) is 1. The highest BCUT2D eigenvalue weighted by Gasteiger charge is 2.62. The highest BCUT2D eigenvalue weighted by atomic mass is 19.4. The Balaban J connectivity index is 3.09. The number of hydrogen-bond donors (Lipinski definition) is 2. The van der Waals surface area contributed by atoms with Gasteiger partial charge in [0.1, 0.15) is 6.04 Å². The predicted molar refractivity (Wildman–Crippen MR) is 65.0 cm³/mol. The molecule has 2 N–H and O–H groups in total. The first-order valence-corrected chi connectivity index (χ1v) is 6.12.